The number of alkyl halides is 3. The molecule has 1 nitrogen and oxygen atoms in total. The Morgan fingerprint density at radius 3 is 2.44 bits per heavy atom. The van der Waals surface area contributed by atoms with Gasteiger partial charge in [-0.25, -0.2) is 4.39 Å². The molecule has 1 aliphatic carbocycles. The second-order valence-electron chi connectivity index (χ2n) is 4.82. The van der Waals surface area contributed by atoms with Gasteiger partial charge < -0.3 is 4.74 Å². The molecule has 0 aromatic heterocycles. The van der Waals surface area contributed by atoms with E-state index in [9.17, 15) is 17.6 Å². The molecule has 1 fully saturated rings. The molecule has 1 saturated carbocycles. The van der Waals surface area contributed by atoms with Crippen molar-refractivity contribution in [2.24, 2.45) is 5.92 Å². The second-order valence-corrected chi connectivity index (χ2v) is 4.82. The lowest BCUT2D eigenvalue weighted by Gasteiger charge is -2.32. The minimum absolute atomic E-state index is 0.158. The molecule has 1 aromatic rings. The van der Waals surface area contributed by atoms with Crippen molar-refractivity contribution in [2.45, 2.75) is 38.7 Å². The van der Waals surface area contributed by atoms with Gasteiger partial charge >= 0.3 is 6.18 Å². The molecule has 0 spiro atoms. The van der Waals surface area contributed by atoms with Crippen LogP contribution in [0.15, 0.2) is 18.2 Å². The van der Waals surface area contributed by atoms with E-state index in [0.29, 0.717) is 11.5 Å². The third kappa shape index (κ3) is 3.02. The molecule has 0 amide bonds. The van der Waals surface area contributed by atoms with Gasteiger partial charge in [-0.15, -0.1) is 0 Å². The van der Waals surface area contributed by atoms with E-state index < -0.39 is 17.6 Å². The van der Waals surface area contributed by atoms with E-state index >= 15 is 0 Å². The van der Waals surface area contributed by atoms with Gasteiger partial charge in [0, 0.05) is 0 Å². The molecule has 0 N–H and O–H groups in total. The minimum Gasteiger partial charge on any atom is -0.374 e. The molecule has 5 heteroatoms. The van der Waals surface area contributed by atoms with Crippen LogP contribution in [-0.4, -0.2) is 6.10 Å². The summed E-state index contributed by atoms with van der Waals surface area (Å²) in [5.74, 6) is -0.607. The highest BCUT2D eigenvalue weighted by Gasteiger charge is 2.34. The molecule has 1 aliphatic rings. The summed E-state index contributed by atoms with van der Waals surface area (Å²) in [4.78, 5) is 0. The monoisotopic (exact) mass is 262 g/mol. The third-order valence-electron chi connectivity index (χ3n) is 3.16. The third-order valence-corrected chi connectivity index (χ3v) is 3.16. The predicted octanol–water partition coefficient (Wildman–Crippen LogP) is 4.16. The van der Waals surface area contributed by atoms with Gasteiger partial charge in [-0.2, -0.15) is 13.2 Å². The Hall–Kier alpha value is -1.10. The van der Waals surface area contributed by atoms with E-state index in [4.69, 9.17) is 4.74 Å². The van der Waals surface area contributed by atoms with Crippen molar-refractivity contribution in [3.05, 3.63) is 35.1 Å². The van der Waals surface area contributed by atoms with Gasteiger partial charge in [-0.1, -0.05) is 13.0 Å². The van der Waals surface area contributed by atoms with Crippen LogP contribution in [0.2, 0.25) is 0 Å². The first-order valence-corrected chi connectivity index (χ1v) is 5.83. The highest BCUT2D eigenvalue weighted by molar-refractivity contribution is 5.26. The van der Waals surface area contributed by atoms with Crippen LogP contribution in [0.5, 0.6) is 0 Å². The molecule has 0 radical (unpaired) electrons. The van der Waals surface area contributed by atoms with Crippen LogP contribution in [-0.2, 0) is 17.5 Å². The van der Waals surface area contributed by atoms with Crippen molar-refractivity contribution < 1.29 is 22.3 Å². The van der Waals surface area contributed by atoms with E-state index in [1.54, 1.807) is 0 Å². The van der Waals surface area contributed by atoms with Crippen LogP contribution < -0.4 is 0 Å². The molecular formula is C13H14F4O. The number of hydrogen-bond acceptors (Lipinski definition) is 1. The van der Waals surface area contributed by atoms with Gasteiger partial charge in [-0.3, -0.25) is 0 Å². The molecule has 0 bridgehead atoms. The smallest absolute Gasteiger partial charge is 0.374 e. The molecule has 0 unspecified atom stereocenters. The Bertz CT molecular complexity index is 421. The molecule has 0 atom stereocenters. The zero-order valence-corrected chi connectivity index (χ0v) is 9.93. The standard InChI is InChI=1S/C13H14F4O/c1-8-4-10(5-8)18-7-9-2-3-11(12(14)6-9)13(15,16)17/h2-3,6,8,10H,4-5,7H2,1H3. The number of ether oxygens (including phenoxy) is 1. The Morgan fingerprint density at radius 2 is 1.94 bits per heavy atom. The van der Waals surface area contributed by atoms with Gasteiger partial charge in [0.1, 0.15) is 5.82 Å². The minimum atomic E-state index is -4.65. The second kappa shape index (κ2) is 4.88. The summed E-state index contributed by atoms with van der Waals surface area (Å²) >= 11 is 0. The summed E-state index contributed by atoms with van der Waals surface area (Å²) in [6.07, 6.45) is -2.57. The summed E-state index contributed by atoms with van der Waals surface area (Å²) in [5, 5.41) is 0. The van der Waals surface area contributed by atoms with Gasteiger partial charge in [-0.05, 0) is 36.5 Å². The maximum Gasteiger partial charge on any atom is 0.419 e. The molecule has 0 heterocycles. The largest absolute Gasteiger partial charge is 0.419 e. The molecule has 1 aromatic carbocycles. The summed E-state index contributed by atoms with van der Waals surface area (Å²) in [7, 11) is 0. The van der Waals surface area contributed by atoms with Crippen LogP contribution in [0.25, 0.3) is 0 Å². The zero-order valence-electron chi connectivity index (χ0n) is 9.93. The number of halogens is 4. The average molecular weight is 262 g/mol. The SMILES string of the molecule is CC1CC(OCc2ccc(C(F)(F)F)c(F)c2)C1. The first kappa shape index (κ1) is 13.3. The lowest BCUT2D eigenvalue weighted by Crippen LogP contribution is -2.29. The van der Waals surface area contributed by atoms with Crippen LogP contribution in [0.3, 0.4) is 0 Å². The van der Waals surface area contributed by atoms with Crippen LogP contribution in [0.4, 0.5) is 17.6 Å². The van der Waals surface area contributed by atoms with E-state index in [0.717, 1.165) is 25.0 Å². The van der Waals surface area contributed by atoms with Crippen molar-refractivity contribution >= 4 is 0 Å². The summed E-state index contributed by atoms with van der Waals surface area (Å²) < 4.78 is 55.7. The lowest BCUT2D eigenvalue weighted by atomic mass is 9.84. The van der Waals surface area contributed by atoms with Crippen molar-refractivity contribution in [1.29, 1.82) is 0 Å². The number of benzene rings is 1. The quantitative estimate of drug-likeness (QED) is 0.743. The highest BCUT2D eigenvalue weighted by atomic mass is 19.4. The van der Waals surface area contributed by atoms with Gasteiger partial charge in [0.25, 0.3) is 0 Å². The van der Waals surface area contributed by atoms with Gasteiger partial charge in [0.2, 0.25) is 0 Å². The van der Waals surface area contributed by atoms with Crippen molar-refractivity contribution in [3.63, 3.8) is 0 Å². The van der Waals surface area contributed by atoms with E-state index in [1.807, 2.05) is 0 Å². The van der Waals surface area contributed by atoms with Gasteiger partial charge in [0.15, 0.2) is 0 Å². The molecule has 0 saturated heterocycles. The fourth-order valence-electron chi connectivity index (χ4n) is 2.06. The van der Waals surface area contributed by atoms with E-state index in [2.05, 4.69) is 6.92 Å². The number of rotatable bonds is 3. The van der Waals surface area contributed by atoms with Crippen LogP contribution in [0, 0.1) is 11.7 Å². The Labute approximate surface area is 103 Å². The maximum absolute atomic E-state index is 13.3. The fourth-order valence-corrected chi connectivity index (χ4v) is 2.06. The Morgan fingerprint density at radius 1 is 1.28 bits per heavy atom. The van der Waals surface area contributed by atoms with Crippen LogP contribution in [0.1, 0.15) is 30.9 Å². The van der Waals surface area contributed by atoms with Gasteiger partial charge in [0.05, 0.1) is 18.3 Å². The zero-order chi connectivity index (χ0) is 13.3. The number of hydrogen-bond donors (Lipinski definition) is 0. The maximum atomic E-state index is 13.3. The van der Waals surface area contributed by atoms with Crippen molar-refractivity contribution in [1.82, 2.24) is 0 Å². The molecule has 100 valence electrons. The summed E-state index contributed by atoms with van der Waals surface area (Å²) in [5.41, 5.74) is -0.802. The molecule has 0 aliphatic heterocycles. The molecule has 18 heavy (non-hydrogen) atoms. The molecule has 2 rings (SSSR count). The topological polar surface area (TPSA) is 9.23 Å². The van der Waals surface area contributed by atoms with E-state index in [-0.39, 0.29) is 12.7 Å². The van der Waals surface area contributed by atoms with E-state index in [1.165, 1.54) is 6.07 Å². The summed E-state index contributed by atoms with van der Waals surface area (Å²) in [6.45, 7) is 2.27. The fraction of sp³-hybridized carbons (Fsp3) is 0.538. The molecular weight excluding hydrogens is 248 g/mol. The normalized spacial score (nSPS) is 23.8. The van der Waals surface area contributed by atoms with Crippen LogP contribution >= 0.6 is 0 Å². The Balaban J connectivity index is 1.96. The first-order chi connectivity index (χ1) is 8.36. The van der Waals surface area contributed by atoms with Crippen molar-refractivity contribution in [3.8, 4) is 0 Å². The average Bonchev–Trinajstić information content (AvgIpc) is 2.21. The van der Waals surface area contributed by atoms with Crippen molar-refractivity contribution in [2.75, 3.05) is 0 Å². The predicted molar refractivity (Wildman–Crippen MR) is 58.4 cm³/mol. The Kier molecular flexibility index (Phi) is 3.61. The highest BCUT2D eigenvalue weighted by Crippen LogP contribution is 2.32. The lowest BCUT2D eigenvalue weighted by molar-refractivity contribution is -0.140. The first-order valence-electron chi connectivity index (χ1n) is 5.83. The summed E-state index contributed by atoms with van der Waals surface area (Å²) in [6, 6.07) is 2.91.